The predicted molar refractivity (Wildman–Crippen MR) is 96.8 cm³/mol. The van der Waals surface area contributed by atoms with Gasteiger partial charge in [0.15, 0.2) is 4.80 Å². The van der Waals surface area contributed by atoms with Crippen LogP contribution in [0.25, 0.3) is 11.3 Å². The van der Waals surface area contributed by atoms with Crippen molar-refractivity contribution in [3.05, 3.63) is 64.8 Å². The van der Waals surface area contributed by atoms with Crippen molar-refractivity contribution in [2.45, 2.75) is 32.7 Å². The smallest absolute Gasteiger partial charge is 0.190 e. The van der Waals surface area contributed by atoms with Gasteiger partial charge in [0.25, 0.3) is 0 Å². The molecule has 0 fully saturated rings. The molecule has 0 spiro atoms. The quantitative estimate of drug-likeness (QED) is 0.616. The molecule has 1 aromatic carbocycles. The molecule has 3 nitrogen and oxygen atoms in total. The highest BCUT2D eigenvalue weighted by atomic mass is 32.1. The van der Waals surface area contributed by atoms with Crippen LogP contribution >= 0.6 is 11.3 Å². The minimum Gasteiger partial charge on any atom is -0.314 e. The van der Waals surface area contributed by atoms with Gasteiger partial charge in [-0.15, -0.1) is 11.3 Å². The van der Waals surface area contributed by atoms with Crippen molar-refractivity contribution in [1.29, 1.82) is 0 Å². The van der Waals surface area contributed by atoms with Gasteiger partial charge >= 0.3 is 0 Å². The Bertz CT molecular complexity index is 868. The number of aromatic nitrogens is 2. The molecule has 24 heavy (non-hydrogen) atoms. The van der Waals surface area contributed by atoms with Crippen LogP contribution < -0.4 is 4.80 Å². The van der Waals surface area contributed by atoms with E-state index in [9.17, 15) is 4.39 Å². The summed E-state index contributed by atoms with van der Waals surface area (Å²) in [5.41, 5.74) is 2.29. The maximum absolute atomic E-state index is 14.3. The normalized spacial score (nSPS) is 13.2. The second kappa shape index (κ2) is 7.53. The minimum atomic E-state index is -0.208. The van der Waals surface area contributed by atoms with Crippen molar-refractivity contribution in [3.63, 3.8) is 0 Å². The SMILES string of the molecule is CCCC(C)n1c(-c2ccccc2F)csc1=Nc1cccnc1. The van der Waals surface area contributed by atoms with Crippen LogP contribution in [0.4, 0.5) is 10.1 Å². The Balaban J connectivity index is 2.18. The van der Waals surface area contributed by atoms with Gasteiger partial charge in [-0.1, -0.05) is 25.5 Å². The maximum Gasteiger partial charge on any atom is 0.190 e. The lowest BCUT2D eigenvalue weighted by molar-refractivity contribution is 0.493. The second-order valence-corrected chi connectivity index (χ2v) is 6.55. The fourth-order valence-corrected chi connectivity index (χ4v) is 3.78. The van der Waals surface area contributed by atoms with E-state index in [1.807, 2.05) is 29.6 Å². The van der Waals surface area contributed by atoms with Crippen molar-refractivity contribution in [2.24, 2.45) is 4.99 Å². The topological polar surface area (TPSA) is 30.2 Å². The molecular formula is C19H20FN3S. The molecule has 0 N–H and O–H groups in total. The fourth-order valence-electron chi connectivity index (χ4n) is 2.77. The van der Waals surface area contributed by atoms with Gasteiger partial charge in [0.2, 0.25) is 0 Å². The number of halogens is 1. The van der Waals surface area contributed by atoms with E-state index in [1.165, 1.54) is 17.4 Å². The molecule has 0 saturated carbocycles. The maximum atomic E-state index is 14.3. The Morgan fingerprint density at radius 2 is 2.08 bits per heavy atom. The number of pyridine rings is 1. The highest BCUT2D eigenvalue weighted by Gasteiger charge is 2.16. The van der Waals surface area contributed by atoms with Gasteiger partial charge in [0.05, 0.1) is 17.6 Å². The van der Waals surface area contributed by atoms with E-state index in [1.54, 1.807) is 18.5 Å². The number of rotatable bonds is 5. The summed E-state index contributed by atoms with van der Waals surface area (Å²) in [6.45, 7) is 4.31. The Labute approximate surface area is 145 Å². The van der Waals surface area contributed by atoms with Gasteiger partial charge in [0.1, 0.15) is 5.82 Å². The lowest BCUT2D eigenvalue weighted by Gasteiger charge is -2.17. The first kappa shape index (κ1) is 16.6. The largest absolute Gasteiger partial charge is 0.314 e. The van der Waals surface area contributed by atoms with Gasteiger partial charge < -0.3 is 4.57 Å². The van der Waals surface area contributed by atoms with E-state index in [2.05, 4.69) is 23.4 Å². The summed E-state index contributed by atoms with van der Waals surface area (Å²) in [4.78, 5) is 9.69. The fraction of sp³-hybridized carbons (Fsp3) is 0.263. The molecule has 1 unspecified atom stereocenters. The second-order valence-electron chi connectivity index (χ2n) is 5.71. The minimum absolute atomic E-state index is 0.208. The van der Waals surface area contributed by atoms with E-state index < -0.39 is 0 Å². The van der Waals surface area contributed by atoms with Crippen LogP contribution in [0.5, 0.6) is 0 Å². The molecule has 0 radical (unpaired) electrons. The molecule has 0 amide bonds. The first-order valence-corrected chi connectivity index (χ1v) is 8.98. The number of benzene rings is 1. The first-order valence-electron chi connectivity index (χ1n) is 8.10. The summed E-state index contributed by atoms with van der Waals surface area (Å²) in [7, 11) is 0. The van der Waals surface area contributed by atoms with Gasteiger partial charge in [-0.3, -0.25) is 4.98 Å². The van der Waals surface area contributed by atoms with Crippen LogP contribution in [0, 0.1) is 5.82 Å². The summed E-state index contributed by atoms with van der Waals surface area (Å²) >= 11 is 1.53. The van der Waals surface area contributed by atoms with Gasteiger partial charge in [-0.2, -0.15) is 0 Å². The molecule has 2 heterocycles. The molecule has 0 aliphatic rings. The van der Waals surface area contributed by atoms with E-state index in [0.29, 0.717) is 5.56 Å². The average molecular weight is 341 g/mol. The van der Waals surface area contributed by atoms with Crippen LogP contribution in [0.3, 0.4) is 0 Å². The number of hydrogen-bond acceptors (Lipinski definition) is 3. The summed E-state index contributed by atoms with van der Waals surface area (Å²) in [6, 6.07) is 10.9. The van der Waals surface area contributed by atoms with Gasteiger partial charge in [-0.05, 0) is 37.6 Å². The van der Waals surface area contributed by atoms with Crippen molar-refractivity contribution in [2.75, 3.05) is 0 Å². The highest BCUT2D eigenvalue weighted by Crippen LogP contribution is 2.27. The molecule has 2 aromatic heterocycles. The van der Waals surface area contributed by atoms with Crippen molar-refractivity contribution in [3.8, 4) is 11.3 Å². The van der Waals surface area contributed by atoms with Crippen LogP contribution in [0.15, 0.2) is 59.2 Å². The standard InChI is InChI=1S/C19H20FN3S/c1-3-7-14(2)23-18(16-9-4-5-10-17(16)20)13-24-19(23)22-15-8-6-11-21-12-15/h4-6,8-14H,3,7H2,1-2H3. The Morgan fingerprint density at radius 1 is 1.25 bits per heavy atom. The van der Waals surface area contributed by atoms with E-state index in [0.717, 1.165) is 29.0 Å². The van der Waals surface area contributed by atoms with Crippen LogP contribution in [0.2, 0.25) is 0 Å². The number of thiazole rings is 1. The average Bonchev–Trinajstić information content (AvgIpc) is 3.00. The van der Waals surface area contributed by atoms with E-state index >= 15 is 0 Å². The molecule has 0 saturated heterocycles. The Kier molecular flexibility index (Phi) is 5.20. The van der Waals surface area contributed by atoms with E-state index in [4.69, 9.17) is 4.99 Å². The zero-order valence-electron chi connectivity index (χ0n) is 13.8. The third-order valence-electron chi connectivity index (χ3n) is 3.91. The third-order valence-corrected chi connectivity index (χ3v) is 4.75. The summed E-state index contributed by atoms with van der Waals surface area (Å²) < 4.78 is 16.4. The molecule has 3 aromatic rings. The molecule has 0 aliphatic heterocycles. The molecule has 5 heteroatoms. The van der Waals surface area contributed by atoms with Crippen molar-refractivity contribution < 1.29 is 4.39 Å². The van der Waals surface area contributed by atoms with Crippen LogP contribution in [-0.4, -0.2) is 9.55 Å². The summed E-state index contributed by atoms with van der Waals surface area (Å²) in [5, 5.41) is 1.99. The third kappa shape index (κ3) is 3.46. The van der Waals surface area contributed by atoms with Crippen LogP contribution in [-0.2, 0) is 0 Å². The lowest BCUT2D eigenvalue weighted by atomic mass is 10.1. The monoisotopic (exact) mass is 341 g/mol. The number of nitrogens with zero attached hydrogens (tertiary/aromatic N) is 3. The Morgan fingerprint density at radius 3 is 2.79 bits per heavy atom. The molecule has 0 aliphatic carbocycles. The molecule has 124 valence electrons. The molecule has 0 bridgehead atoms. The van der Waals surface area contributed by atoms with Crippen molar-refractivity contribution >= 4 is 17.0 Å². The zero-order valence-corrected chi connectivity index (χ0v) is 14.6. The molecular weight excluding hydrogens is 321 g/mol. The highest BCUT2D eigenvalue weighted by molar-refractivity contribution is 7.07. The van der Waals surface area contributed by atoms with Crippen molar-refractivity contribution in [1.82, 2.24) is 9.55 Å². The molecule has 3 rings (SSSR count). The lowest BCUT2D eigenvalue weighted by Crippen LogP contribution is -2.20. The van der Waals surface area contributed by atoms with Gasteiger partial charge in [-0.25, -0.2) is 9.38 Å². The summed E-state index contributed by atoms with van der Waals surface area (Å²) in [5.74, 6) is -0.208. The van der Waals surface area contributed by atoms with Crippen LogP contribution in [0.1, 0.15) is 32.7 Å². The summed E-state index contributed by atoms with van der Waals surface area (Å²) in [6.07, 6.45) is 5.54. The number of hydrogen-bond donors (Lipinski definition) is 0. The first-order chi connectivity index (χ1) is 11.7. The Hall–Kier alpha value is -2.27. The van der Waals surface area contributed by atoms with Gasteiger partial charge in [0, 0.05) is 23.2 Å². The predicted octanol–water partition coefficient (Wildman–Crippen LogP) is 5.34. The zero-order chi connectivity index (χ0) is 16.9. The van der Waals surface area contributed by atoms with E-state index in [-0.39, 0.29) is 11.9 Å². The molecule has 1 atom stereocenters.